The van der Waals surface area contributed by atoms with Gasteiger partial charge in [0.1, 0.15) is 11.2 Å². The summed E-state index contributed by atoms with van der Waals surface area (Å²) in [6.07, 6.45) is 0. The zero-order valence-corrected chi connectivity index (χ0v) is 26.2. The molecule has 4 heterocycles. The molecule has 0 saturated heterocycles. The number of H-pyrrole nitrogens is 1. The van der Waals surface area contributed by atoms with E-state index in [1.165, 1.54) is 77.2 Å². The summed E-state index contributed by atoms with van der Waals surface area (Å²) in [7, 11) is 0.846. The van der Waals surface area contributed by atoms with Crippen molar-refractivity contribution in [2.24, 2.45) is 0 Å². The molecule has 2 aliphatic rings. The van der Waals surface area contributed by atoms with Crippen LogP contribution in [0.5, 0.6) is 0 Å². The number of hydrogen-bond donors (Lipinski definition) is 1. The van der Waals surface area contributed by atoms with Crippen molar-refractivity contribution in [3.8, 4) is 11.1 Å². The van der Waals surface area contributed by atoms with Gasteiger partial charge >= 0.3 is 0 Å². The zero-order valence-electron chi connectivity index (χ0n) is 26.2. The van der Waals surface area contributed by atoms with Gasteiger partial charge in [-0.25, -0.2) is 0 Å². The number of aromatic nitrogens is 1. The van der Waals surface area contributed by atoms with E-state index >= 15 is 0 Å². The minimum absolute atomic E-state index is 0.109. The van der Waals surface area contributed by atoms with E-state index in [-0.39, 0.29) is 5.41 Å². The number of para-hydroxylation sites is 4. The molecule has 220 valence electrons. The van der Waals surface area contributed by atoms with Gasteiger partial charge in [-0.3, -0.25) is 0 Å². The van der Waals surface area contributed by atoms with Crippen LogP contribution in [0.1, 0.15) is 25.0 Å². The Balaban J connectivity index is 1.30. The molecule has 0 atom stereocenters. The van der Waals surface area contributed by atoms with Crippen LogP contribution in [0.3, 0.4) is 0 Å². The van der Waals surface area contributed by atoms with Crippen molar-refractivity contribution in [1.29, 1.82) is 0 Å². The van der Waals surface area contributed by atoms with Crippen LogP contribution in [0.15, 0.2) is 132 Å². The Morgan fingerprint density at radius 3 is 2.30 bits per heavy atom. The summed E-state index contributed by atoms with van der Waals surface area (Å²) in [5, 5.41) is 7.32. The van der Waals surface area contributed by atoms with Crippen molar-refractivity contribution >= 4 is 89.8 Å². The number of rotatable bonds is 1. The molecular formula is C43H29BN2O. The lowest BCUT2D eigenvalue weighted by Crippen LogP contribution is -2.45. The fourth-order valence-corrected chi connectivity index (χ4v) is 8.82. The van der Waals surface area contributed by atoms with Crippen LogP contribution in [-0.2, 0) is 5.41 Å². The first-order chi connectivity index (χ1) is 23.1. The van der Waals surface area contributed by atoms with E-state index in [1.54, 1.807) is 0 Å². The van der Waals surface area contributed by atoms with Gasteiger partial charge in [0.2, 0.25) is 0 Å². The number of aromatic amines is 1. The van der Waals surface area contributed by atoms with Gasteiger partial charge in [0.15, 0.2) is 7.28 Å². The van der Waals surface area contributed by atoms with Gasteiger partial charge in [0.05, 0.1) is 11.2 Å². The maximum absolute atomic E-state index is 6.73. The molecule has 2 aromatic heterocycles. The summed E-state index contributed by atoms with van der Waals surface area (Å²) in [5.74, 6) is 0. The minimum Gasteiger partial charge on any atom is -0.456 e. The zero-order chi connectivity index (χ0) is 31.0. The molecule has 0 amide bonds. The molecule has 1 N–H and O–H groups in total. The second-order valence-corrected chi connectivity index (χ2v) is 13.8. The second kappa shape index (κ2) is 8.74. The maximum atomic E-state index is 6.73. The Morgan fingerprint density at radius 1 is 0.638 bits per heavy atom. The van der Waals surface area contributed by atoms with Crippen LogP contribution < -0.4 is 15.8 Å². The van der Waals surface area contributed by atoms with Crippen molar-refractivity contribution in [3.05, 3.63) is 139 Å². The topological polar surface area (TPSA) is 32.2 Å². The van der Waals surface area contributed by atoms with Crippen molar-refractivity contribution < 1.29 is 4.42 Å². The summed E-state index contributed by atoms with van der Waals surface area (Å²) >= 11 is 0. The lowest BCUT2D eigenvalue weighted by atomic mass is 9.55. The van der Waals surface area contributed by atoms with Crippen molar-refractivity contribution in [2.45, 2.75) is 19.3 Å². The maximum Gasteiger partial charge on any atom is 0.198 e. The molecule has 0 spiro atoms. The molecule has 0 bridgehead atoms. The van der Waals surface area contributed by atoms with E-state index in [9.17, 15) is 0 Å². The van der Waals surface area contributed by atoms with Gasteiger partial charge in [-0.15, -0.1) is 0 Å². The Morgan fingerprint density at radius 2 is 1.38 bits per heavy atom. The highest BCUT2D eigenvalue weighted by molar-refractivity contribution is 6.74. The average molecular weight is 601 g/mol. The normalized spacial score (nSPS) is 14.5. The van der Waals surface area contributed by atoms with E-state index in [0.29, 0.717) is 0 Å². The molecule has 0 radical (unpaired) electrons. The van der Waals surface area contributed by atoms with Gasteiger partial charge in [0.25, 0.3) is 0 Å². The van der Waals surface area contributed by atoms with Gasteiger partial charge in [-0.2, -0.15) is 0 Å². The number of benzene rings is 7. The SMILES string of the molecule is CC1(C)c2ccccc2N2c3cc4oc5ccccc5c4c(-c4cccc5c4[nH]c4cc6ccccc6cc45)c3Bc3cccc1c32. The monoisotopic (exact) mass is 600 g/mol. The molecule has 3 nitrogen and oxygen atoms in total. The Labute approximate surface area is 272 Å². The van der Waals surface area contributed by atoms with Crippen LogP contribution in [0, 0.1) is 0 Å². The predicted octanol–water partition coefficient (Wildman–Crippen LogP) is 9.85. The first-order valence-corrected chi connectivity index (χ1v) is 16.5. The third kappa shape index (κ3) is 3.22. The minimum atomic E-state index is -0.109. The summed E-state index contributed by atoms with van der Waals surface area (Å²) in [4.78, 5) is 6.42. The molecule has 0 unspecified atom stereocenters. The first kappa shape index (κ1) is 25.5. The predicted molar refractivity (Wildman–Crippen MR) is 199 cm³/mol. The highest BCUT2D eigenvalue weighted by Gasteiger charge is 2.41. The van der Waals surface area contributed by atoms with Gasteiger partial charge < -0.3 is 14.3 Å². The molecule has 0 fully saturated rings. The molecular weight excluding hydrogens is 571 g/mol. The Bertz CT molecular complexity index is 2820. The third-order valence-electron chi connectivity index (χ3n) is 11.0. The van der Waals surface area contributed by atoms with Crippen molar-refractivity contribution in [1.82, 2.24) is 4.98 Å². The number of anilines is 3. The van der Waals surface area contributed by atoms with Gasteiger partial charge in [0, 0.05) is 55.5 Å². The molecule has 4 heteroatoms. The van der Waals surface area contributed by atoms with Crippen LogP contribution in [0.2, 0.25) is 0 Å². The fraction of sp³-hybridized carbons (Fsp3) is 0.0698. The van der Waals surface area contributed by atoms with E-state index in [1.807, 2.05) is 0 Å². The van der Waals surface area contributed by atoms with Crippen molar-refractivity contribution in [2.75, 3.05) is 4.90 Å². The largest absolute Gasteiger partial charge is 0.456 e. The number of furan rings is 1. The first-order valence-electron chi connectivity index (χ1n) is 16.5. The van der Waals surface area contributed by atoms with Gasteiger partial charge in [-0.05, 0) is 57.2 Å². The number of fused-ring (bicyclic) bond motifs is 11. The summed E-state index contributed by atoms with van der Waals surface area (Å²) in [6, 6.07) is 46.7. The standard InChI is InChI=1S/C43H29BN2O/c1-43(2)30-16-6-7-19-34(30)46-35-23-37-38(27-13-5-8-20-36(27)47-37)39(40(35)44-32-18-10-17-31(43)42(32)46)28-15-9-14-26-29-21-24-11-3-4-12-25(24)22-33(29)45-41(26)28/h3-23,44-45H,1-2H3. The van der Waals surface area contributed by atoms with Crippen LogP contribution in [0.4, 0.5) is 17.1 Å². The number of nitrogens with zero attached hydrogens (tertiary/aromatic N) is 1. The number of hydrogen-bond acceptors (Lipinski definition) is 2. The molecule has 0 aliphatic carbocycles. The van der Waals surface area contributed by atoms with Gasteiger partial charge in [-0.1, -0.05) is 116 Å². The van der Waals surface area contributed by atoms with Crippen LogP contribution in [0.25, 0.3) is 65.6 Å². The van der Waals surface area contributed by atoms with E-state index in [0.717, 1.165) is 34.9 Å². The smallest absolute Gasteiger partial charge is 0.198 e. The van der Waals surface area contributed by atoms with E-state index in [2.05, 4.69) is 151 Å². The summed E-state index contributed by atoms with van der Waals surface area (Å²) < 4.78 is 6.73. The highest BCUT2D eigenvalue weighted by Crippen LogP contribution is 2.53. The molecule has 2 aliphatic heterocycles. The second-order valence-electron chi connectivity index (χ2n) is 13.8. The Kier molecular flexibility index (Phi) is 4.74. The quantitative estimate of drug-likeness (QED) is 0.190. The molecule has 0 saturated carbocycles. The molecule has 11 rings (SSSR count). The van der Waals surface area contributed by atoms with Crippen molar-refractivity contribution in [3.63, 3.8) is 0 Å². The van der Waals surface area contributed by atoms with E-state index in [4.69, 9.17) is 4.42 Å². The third-order valence-corrected chi connectivity index (χ3v) is 11.0. The summed E-state index contributed by atoms with van der Waals surface area (Å²) in [5.41, 5.74) is 15.7. The van der Waals surface area contributed by atoms with Crippen LogP contribution in [-0.4, -0.2) is 12.3 Å². The fourth-order valence-electron chi connectivity index (χ4n) is 8.82. The summed E-state index contributed by atoms with van der Waals surface area (Å²) in [6.45, 7) is 4.73. The highest BCUT2D eigenvalue weighted by atomic mass is 16.3. The lowest BCUT2D eigenvalue weighted by molar-refractivity contribution is 0.632. The Hall–Kier alpha value is -5.74. The lowest BCUT2D eigenvalue weighted by Gasteiger charge is -2.45. The molecule has 47 heavy (non-hydrogen) atoms. The molecule has 7 aromatic carbocycles. The molecule has 9 aromatic rings. The van der Waals surface area contributed by atoms with Crippen LogP contribution >= 0.6 is 0 Å². The van der Waals surface area contributed by atoms with E-state index < -0.39 is 0 Å². The average Bonchev–Trinajstić information content (AvgIpc) is 3.66. The number of nitrogens with one attached hydrogen (secondary N) is 1.